The second-order valence-corrected chi connectivity index (χ2v) is 10.6. The number of nitrogens with zero attached hydrogens (tertiary/aromatic N) is 1. The van der Waals surface area contributed by atoms with E-state index in [2.05, 4.69) is 24.4 Å². The summed E-state index contributed by atoms with van der Waals surface area (Å²) < 4.78 is 33.4. The molecule has 174 valence electrons. The van der Waals surface area contributed by atoms with Gasteiger partial charge in [-0.2, -0.15) is 4.31 Å². The maximum absolute atomic E-state index is 13.2. The van der Waals surface area contributed by atoms with Crippen molar-refractivity contribution in [3.8, 4) is 5.75 Å². The standard InChI is InChI=1S/C25H34N2O4S/c1-17-14-19(3)22(15-18(17)2)20(4)26-25(28)23-16-21(10-11-24(23)31-5)32(29,30)27-12-8-6-7-9-13-27/h10-11,14-16,20H,6-9,12-13H2,1-5H3,(H,26,28)/t20-/m1/s1. The first-order valence-corrected chi connectivity index (χ1v) is 12.7. The van der Waals surface area contributed by atoms with E-state index in [9.17, 15) is 13.2 Å². The summed E-state index contributed by atoms with van der Waals surface area (Å²) in [5.41, 5.74) is 4.73. The molecule has 1 heterocycles. The molecule has 0 unspecified atom stereocenters. The highest BCUT2D eigenvalue weighted by atomic mass is 32.2. The van der Waals surface area contributed by atoms with E-state index in [1.807, 2.05) is 20.8 Å². The number of amides is 1. The van der Waals surface area contributed by atoms with Gasteiger partial charge in [0, 0.05) is 13.1 Å². The maximum Gasteiger partial charge on any atom is 0.255 e. The van der Waals surface area contributed by atoms with Crippen molar-refractivity contribution in [3.05, 3.63) is 58.1 Å². The summed E-state index contributed by atoms with van der Waals surface area (Å²) in [5.74, 6) is -0.0128. The van der Waals surface area contributed by atoms with Gasteiger partial charge < -0.3 is 10.1 Å². The molecule has 1 aliphatic heterocycles. The molecule has 1 amide bonds. The number of methoxy groups -OCH3 is 1. The largest absolute Gasteiger partial charge is 0.496 e. The van der Waals surface area contributed by atoms with Crippen LogP contribution in [-0.2, 0) is 10.0 Å². The van der Waals surface area contributed by atoms with Gasteiger partial charge >= 0.3 is 0 Å². The molecule has 0 radical (unpaired) electrons. The van der Waals surface area contributed by atoms with E-state index in [1.165, 1.54) is 29.1 Å². The SMILES string of the molecule is COc1ccc(S(=O)(=O)N2CCCCCC2)cc1C(=O)N[C@H](C)c1cc(C)c(C)cc1C. The fourth-order valence-electron chi connectivity index (χ4n) is 4.26. The van der Waals surface area contributed by atoms with Crippen LogP contribution >= 0.6 is 0 Å². The second kappa shape index (κ2) is 10.0. The van der Waals surface area contributed by atoms with Crippen LogP contribution in [0, 0.1) is 20.8 Å². The van der Waals surface area contributed by atoms with Gasteiger partial charge in [-0.1, -0.05) is 25.0 Å². The molecule has 1 N–H and O–H groups in total. The summed E-state index contributed by atoms with van der Waals surface area (Å²) in [6, 6.07) is 8.49. The number of benzene rings is 2. The normalized spacial score (nSPS) is 16.3. The number of hydrogen-bond donors (Lipinski definition) is 1. The average Bonchev–Trinajstić information content (AvgIpc) is 3.05. The van der Waals surface area contributed by atoms with Crippen molar-refractivity contribution in [3.63, 3.8) is 0 Å². The van der Waals surface area contributed by atoms with E-state index in [-0.39, 0.29) is 22.4 Å². The third-order valence-corrected chi connectivity index (χ3v) is 8.21. The van der Waals surface area contributed by atoms with Crippen molar-refractivity contribution < 1.29 is 17.9 Å². The lowest BCUT2D eigenvalue weighted by Gasteiger charge is -2.22. The van der Waals surface area contributed by atoms with E-state index in [0.717, 1.165) is 42.4 Å². The number of aryl methyl sites for hydroxylation is 3. The Labute approximate surface area is 192 Å². The Morgan fingerprint density at radius 1 is 0.969 bits per heavy atom. The number of carbonyl (C=O) groups is 1. The van der Waals surface area contributed by atoms with Crippen LogP contribution in [0.2, 0.25) is 0 Å². The lowest BCUT2D eigenvalue weighted by Crippen LogP contribution is -2.32. The predicted octanol–water partition coefficient (Wildman–Crippen LogP) is 4.68. The summed E-state index contributed by atoms with van der Waals surface area (Å²) in [4.78, 5) is 13.3. The number of ether oxygens (including phenoxy) is 1. The molecule has 2 aromatic rings. The zero-order valence-corrected chi connectivity index (χ0v) is 20.5. The Morgan fingerprint density at radius 2 is 1.59 bits per heavy atom. The van der Waals surface area contributed by atoms with E-state index in [1.54, 1.807) is 6.07 Å². The molecule has 7 heteroatoms. The molecule has 6 nitrogen and oxygen atoms in total. The van der Waals surface area contributed by atoms with Crippen LogP contribution in [0.3, 0.4) is 0 Å². The highest BCUT2D eigenvalue weighted by Crippen LogP contribution is 2.28. The van der Waals surface area contributed by atoms with Crippen molar-refractivity contribution in [2.75, 3.05) is 20.2 Å². The summed E-state index contributed by atoms with van der Waals surface area (Å²) in [5, 5.41) is 3.02. The smallest absolute Gasteiger partial charge is 0.255 e. The van der Waals surface area contributed by atoms with Gasteiger partial charge in [0.1, 0.15) is 5.75 Å². The Kier molecular flexibility index (Phi) is 7.62. The summed E-state index contributed by atoms with van der Waals surface area (Å²) in [6.45, 7) is 9.10. The number of sulfonamides is 1. The quantitative estimate of drug-likeness (QED) is 0.682. The highest BCUT2D eigenvalue weighted by Gasteiger charge is 2.27. The second-order valence-electron chi connectivity index (χ2n) is 8.67. The molecule has 1 fully saturated rings. The van der Waals surface area contributed by atoms with Gasteiger partial charge in [0.25, 0.3) is 5.91 Å². The van der Waals surface area contributed by atoms with Crippen LogP contribution in [0.25, 0.3) is 0 Å². The first kappa shape index (κ1) is 24.3. The zero-order valence-electron chi connectivity index (χ0n) is 19.7. The average molecular weight is 459 g/mol. The summed E-state index contributed by atoms with van der Waals surface area (Å²) in [6.07, 6.45) is 3.79. The van der Waals surface area contributed by atoms with Crippen LogP contribution in [0.5, 0.6) is 5.75 Å². The molecule has 0 aliphatic carbocycles. The summed E-state index contributed by atoms with van der Waals surface area (Å²) in [7, 11) is -2.19. The topological polar surface area (TPSA) is 75.7 Å². The number of hydrogen-bond acceptors (Lipinski definition) is 4. The van der Waals surface area contributed by atoms with Gasteiger partial charge in [0.05, 0.1) is 23.6 Å². The zero-order chi connectivity index (χ0) is 23.5. The fraction of sp³-hybridized carbons (Fsp3) is 0.480. The maximum atomic E-state index is 13.2. The van der Waals surface area contributed by atoms with Crippen LogP contribution < -0.4 is 10.1 Å². The number of carbonyl (C=O) groups excluding carboxylic acids is 1. The molecule has 32 heavy (non-hydrogen) atoms. The fourth-order valence-corrected chi connectivity index (χ4v) is 5.80. The predicted molar refractivity (Wildman–Crippen MR) is 127 cm³/mol. The molecule has 1 aliphatic rings. The third kappa shape index (κ3) is 5.15. The number of nitrogens with one attached hydrogen (secondary N) is 1. The van der Waals surface area contributed by atoms with E-state index >= 15 is 0 Å². The first-order valence-electron chi connectivity index (χ1n) is 11.2. The molecular weight excluding hydrogens is 424 g/mol. The molecule has 0 bridgehead atoms. The molecule has 0 spiro atoms. The van der Waals surface area contributed by atoms with Gasteiger partial charge in [0.15, 0.2) is 0 Å². The van der Waals surface area contributed by atoms with Crippen molar-refractivity contribution >= 4 is 15.9 Å². The Bertz CT molecular complexity index is 1090. The minimum Gasteiger partial charge on any atom is -0.496 e. The van der Waals surface area contributed by atoms with Crippen LogP contribution in [0.15, 0.2) is 35.2 Å². The highest BCUT2D eigenvalue weighted by molar-refractivity contribution is 7.89. The van der Waals surface area contributed by atoms with Crippen LogP contribution in [0.1, 0.15) is 71.3 Å². The van der Waals surface area contributed by atoms with Crippen molar-refractivity contribution in [2.24, 2.45) is 0 Å². The number of rotatable bonds is 6. The molecule has 1 atom stereocenters. The first-order chi connectivity index (χ1) is 15.1. The minimum absolute atomic E-state index is 0.125. The molecule has 0 saturated carbocycles. The molecule has 2 aromatic carbocycles. The molecule has 0 aromatic heterocycles. The molecular formula is C25H34N2O4S. The molecule has 1 saturated heterocycles. The van der Waals surface area contributed by atoms with E-state index in [4.69, 9.17) is 4.74 Å². The van der Waals surface area contributed by atoms with Gasteiger partial charge in [-0.15, -0.1) is 0 Å². The van der Waals surface area contributed by atoms with Crippen LogP contribution in [0.4, 0.5) is 0 Å². The van der Waals surface area contributed by atoms with Crippen molar-refractivity contribution in [1.29, 1.82) is 0 Å². The van der Waals surface area contributed by atoms with E-state index in [0.29, 0.717) is 18.8 Å². The lowest BCUT2D eigenvalue weighted by atomic mass is 9.96. The van der Waals surface area contributed by atoms with Gasteiger partial charge in [-0.05, 0) is 81.0 Å². The monoisotopic (exact) mass is 458 g/mol. The summed E-state index contributed by atoms with van der Waals surface area (Å²) >= 11 is 0. The van der Waals surface area contributed by atoms with Gasteiger partial charge in [-0.3, -0.25) is 4.79 Å². The van der Waals surface area contributed by atoms with Crippen molar-refractivity contribution in [2.45, 2.75) is 64.3 Å². The Hall–Kier alpha value is -2.38. The van der Waals surface area contributed by atoms with Crippen molar-refractivity contribution in [1.82, 2.24) is 9.62 Å². The molecule has 3 rings (SSSR count). The van der Waals surface area contributed by atoms with Crippen LogP contribution in [-0.4, -0.2) is 38.8 Å². The third-order valence-electron chi connectivity index (χ3n) is 6.31. The lowest BCUT2D eigenvalue weighted by molar-refractivity contribution is 0.0936. The minimum atomic E-state index is -3.67. The van der Waals surface area contributed by atoms with Gasteiger partial charge in [-0.25, -0.2) is 8.42 Å². The van der Waals surface area contributed by atoms with E-state index < -0.39 is 10.0 Å². The van der Waals surface area contributed by atoms with Gasteiger partial charge in [0.2, 0.25) is 10.0 Å². The Balaban J connectivity index is 1.89. The Morgan fingerprint density at radius 3 is 2.22 bits per heavy atom.